The van der Waals surface area contributed by atoms with Crippen LogP contribution in [0.1, 0.15) is 43.9 Å². The van der Waals surface area contributed by atoms with E-state index in [9.17, 15) is 9.59 Å². The van der Waals surface area contributed by atoms with Gasteiger partial charge in [-0.3, -0.25) is 4.79 Å². The second kappa shape index (κ2) is 12.7. The molecule has 0 aliphatic heterocycles. The number of pyridine rings is 1. The molecule has 1 N–H and O–H groups in total. The van der Waals surface area contributed by atoms with Crippen LogP contribution in [0.5, 0.6) is 0 Å². The van der Waals surface area contributed by atoms with Crippen LogP contribution >= 0.6 is 27.3 Å². The monoisotopic (exact) mass is 509 g/mol. The number of fused-ring (bicyclic) bond motifs is 1. The van der Waals surface area contributed by atoms with Crippen molar-refractivity contribution in [3.63, 3.8) is 0 Å². The van der Waals surface area contributed by atoms with Gasteiger partial charge in [-0.05, 0) is 48.6 Å². The molecule has 4 rings (SSSR count). The Morgan fingerprint density at radius 2 is 1.88 bits per heavy atom. The van der Waals surface area contributed by atoms with Crippen LogP contribution in [0.15, 0.2) is 77.1 Å². The number of carbonyl (C=O) groups is 2. The molecule has 4 nitrogen and oxygen atoms in total. The average Bonchev–Trinajstić information content (AvgIpc) is 3.02. The van der Waals surface area contributed by atoms with Gasteiger partial charge in [0, 0.05) is 21.3 Å². The highest BCUT2D eigenvalue weighted by Crippen LogP contribution is 2.31. The molecule has 0 bridgehead atoms. The van der Waals surface area contributed by atoms with Gasteiger partial charge in [-0.1, -0.05) is 64.5 Å². The smallest absolute Gasteiger partial charge is 0.337 e. The lowest BCUT2D eigenvalue weighted by Gasteiger charge is -2.01. The summed E-state index contributed by atoms with van der Waals surface area (Å²) in [6.07, 6.45) is 11.3. The molecule has 0 radical (unpaired) electrons. The fraction of sp³-hybridized carbons (Fsp3) is 0.115. The molecule has 0 amide bonds. The number of nitrogens with zero attached hydrogens (tertiary/aromatic N) is 1. The molecule has 2 heterocycles. The van der Waals surface area contributed by atoms with Crippen molar-refractivity contribution in [1.82, 2.24) is 4.98 Å². The Labute approximate surface area is 200 Å². The van der Waals surface area contributed by atoms with E-state index in [4.69, 9.17) is 5.11 Å². The number of hydrogen-bond acceptors (Lipinski definition) is 4. The van der Waals surface area contributed by atoms with E-state index in [1.54, 1.807) is 12.1 Å². The van der Waals surface area contributed by atoms with E-state index in [-0.39, 0.29) is 0 Å². The van der Waals surface area contributed by atoms with Gasteiger partial charge >= 0.3 is 5.97 Å². The summed E-state index contributed by atoms with van der Waals surface area (Å²) in [5.41, 5.74) is 4.70. The number of allylic oxidation sites excluding steroid dienone is 4. The minimum Gasteiger partial charge on any atom is -0.478 e. The van der Waals surface area contributed by atoms with Crippen molar-refractivity contribution >= 4 is 45.6 Å². The lowest BCUT2D eigenvalue weighted by Crippen LogP contribution is -1.98. The zero-order chi connectivity index (χ0) is 23.5. The molecule has 164 valence electrons. The third-order valence-corrected chi connectivity index (χ3v) is 5.77. The topological polar surface area (TPSA) is 67.3 Å². The number of rotatable bonds is 3. The lowest BCUT2D eigenvalue weighted by molar-refractivity contribution is 0.0697. The summed E-state index contributed by atoms with van der Waals surface area (Å²) >= 11 is 4.82. The molecule has 0 saturated heterocycles. The first kappa shape index (κ1) is 25.2. The highest BCUT2D eigenvalue weighted by Gasteiger charge is 2.16. The number of hydrogen-bond donors (Lipinski definition) is 1. The normalized spacial score (nSPS) is 11.1. The van der Waals surface area contributed by atoms with Crippen LogP contribution in [0.25, 0.3) is 17.2 Å². The minimum absolute atomic E-state index is 0.410. The van der Waals surface area contributed by atoms with Crippen molar-refractivity contribution in [2.24, 2.45) is 0 Å². The van der Waals surface area contributed by atoms with Gasteiger partial charge < -0.3 is 5.11 Å². The first-order chi connectivity index (χ1) is 15.4. The molecule has 6 heteroatoms. The van der Waals surface area contributed by atoms with E-state index in [1.807, 2.05) is 73.9 Å². The van der Waals surface area contributed by atoms with Crippen molar-refractivity contribution in [2.75, 3.05) is 0 Å². The van der Waals surface area contributed by atoms with E-state index in [2.05, 4.69) is 27.5 Å². The number of carboxylic acids is 1. The van der Waals surface area contributed by atoms with Gasteiger partial charge in [-0.25, -0.2) is 9.78 Å². The van der Waals surface area contributed by atoms with Gasteiger partial charge in [-0.2, -0.15) is 0 Å². The second-order valence-corrected chi connectivity index (χ2v) is 8.68. The molecule has 1 aliphatic rings. The van der Waals surface area contributed by atoms with Crippen LogP contribution < -0.4 is 0 Å². The van der Waals surface area contributed by atoms with Gasteiger partial charge in [0.2, 0.25) is 0 Å². The van der Waals surface area contributed by atoms with Gasteiger partial charge in [0.15, 0.2) is 6.29 Å². The maximum absolute atomic E-state index is 11.1. The minimum atomic E-state index is -0.864. The summed E-state index contributed by atoms with van der Waals surface area (Å²) in [4.78, 5) is 26.7. The highest BCUT2D eigenvalue weighted by molar-refractivity contribution is 9.10. The molecule has 0 atom stereocenters. The van der Waals surface area contributed by atoms with E-state index in [0.717, 1.165) is 44.4 Å². The number of benzene rings is 1. The Hall–Kier alpha value is -3.09. The Balaban J connectivity index is 0.000000206. The predicted octanol–water partition coefficient (Wildman–Crippen LogP) is 7.40. The number of carbonyl (C=O) groups excluding carboxylic acids is 1. The van der Waals surface area contributed by atoms with Crippen LogP contribution in [-0.2, 0) is 6.42 Å². The number of halogens is 1. The van der Waals surface area contributed by atoms with Crippen LogP contribution in [0, 0.1) is 6.92 Å². The van der Waals surface area contributed by atoms with Crippen molar-refractivity contribution in [3.8, 4) is 11.1 Å². The quantitative estimate of drug-likeness (QED) is 0.295. The van der Waals surface area contributed by atoms with Gasteiger partial charge in [0.1, 0.15) is 5.69 Å². The van der Waals surface area contributed by atoms with Gasteiger partial charge in [-0.15, -0.1) is 17.9 Å². The highest BCUT2D eigenvalue weighted by atomic mass is 79.9. The molecule has 1 aromatic carbocycles. The predicted molar refractivity (Wildman–Crippen MR) is 137 cm³/mol. The standard InChI is InChI=1S/C12H9BrO2S.C11H9NO.C3H6/c1-7-11(12(14)15)10(6-16-7)8-2-4-9(13)5-3-8;13-8-10-7-6-9-4-2-1-3-5-11(9)12-10;1-3-2/h2-6H,1H3,(H,14,15);1-4,6-8H,5H2;3H,1H2,2H3. The fourth-order valence-corrected chi connectivity index (χ4v) is 4.02. The molecule has 0 saturated carbocycles. The summed E-state index contributed by atoms with van der Waals surface area (Å²) < 4.78 is 0.986. The zero-order valence-corrected chi connectivity index (χ0v) is 20.3. The zero-order valence-electron chi connectivity index (χ0n) is 17.9. The first-order valence-corrected chi connectivity index (χ1v) is 11.5. The number of carboxylic acid groups (broad SMARTS) is 1. The molecule has 2 aromatic heterocycles. The number of aromatic carboxylic acids is 1. The molecular weight excluding hydrogens is 486 g/mol. The van der Waals surface area contributed by atoms with E-state index >= 15 is 0 Å². The van der Waals surface area contributed by atoms with E-state index in [1.165, 1.54) is 11.3 Å². The third kappa shape index (κ3) is 6.97. The Morgan fingerprint density at radius 3 is 2.50 bits per heavy atom. The first-order valence-electron chi connectivity index (χ1n) is 9.83. The number of aryl methyl sites for hydroxylation is 1. The van der Waals surface area contributed by atoms with Crippen LogP contribution in [0.3, 0.4) is 0 Å². The van der Waals surface area contributed by atoms with Crippen LogP contribution in [0.2, 0.25) is 0 Å². The maximum atomic E-state index is 11.1. The number of aldehydes is 1. The largest absolute Gasteiger partial charge is 0.478 e. The van der Waals surface area contributed by atoms with Crippen molar-refractivity contribution in [2.45, 2.75) is 20.3 Å². The van der Waals surface area contributed by atoms with Crippen LogP contribution in [-0.4, -0.2) is 22.3 Å². The maximum Gasteiger partial charge on any atom is 0.337 e. The number of aromatic nitrogens is 1. The molecule has 3 aromatic rings. The Morgan fingerprint density at radius 1 is 1.19 bits per heavy atom. The average molecular weight is 510 g/mol. The molecule has 0 spiro atoms. The van der Waals surface area contributed by atoms with Crippen molar-refractivity contribution < 1.29 is 14.7 Å². The fourth-order valence-electron chi connectivity index (χ4n) is 2.89. The van der Waals surface area contributed by atoms with Crippen LogP contribution in [0.4, 0.5) is 0 Å². The van der Waals surface area contributed by atoms with E-state index < -0.39 is 5.97 Å². The van der Waals surface area contributed by atoms with E-state index in [0.29, 0.717) is 11.3 Å². The summed E-state index contributed by atoms with van der Waals surface area (Å²) in [6.45, 7) is 7.08. The SMILES string of the molecule is C=CC.Cc1scc(-c2ccc(Br)cc2)c1C(=O)O.O=Cc1ccc2c(n1)CC=CC=C2. The Kier molecular flexibility index (Phi) is 9.98. The molecule has 32 heavy (non-hydrogen) atoms. The summed E-state index contributed by atoms with van der Waals surface area (Å²) in [6, 6.07) is 11.3. The number of thiophene rings is 1. The molecular formula is C26H24BrNO3S. The Bertz CT molecular complexity index is 1140. The van der Waals surface area contributed by atoms with Gasteiger partial charge in [0.05, 0.1) is 11.3 Å². The lowest BCUT2D eigenvalue weighted by atomic mass is 10.0. The molecule has 1 aliphatic carbocycles. The van der Waals surface area contributed by atoms with Gasteiger partial charge in [0.25, 0.3) is 0 Å². The van der Waals surface area contributed by atoms with Crippen molar-refractivity contribution in [1.29, 1.82) is 0 Å². The third-order valence-electron chi connectivity index (χ3n) is 4.33. The summed E-state index contributed by atoms with van der Waals surface area (Å²) in [5.74, 6) is -0.864. The van der Waals surface area contributed by atoms with Crippen molar-refractivity contribution in [3.05, 3.63) is 105 Å². The summed E-state index contributed by atoms with van der Waals surface area (Å²) in [5, 5.41) is 11.0. The molecule has 0 fully saturated rings. The second-order valence-electron chi connectivity index (χ2n) is 6.68. The molecule has 0 unspecified atom stereocenters. The summed E-state index contributed by atoms with van der Waals surface area (Å²) in [7, 11) is 0.